The second-order valence-electron chi connectivity index (χ2n) is 5.41. The average Bonchev–Trinajstić information content (AvgIpc) is 2.42. The lowest BCUT2D eigenvalue weighted by Crippen LogP contribution is -2.19. The van der Waals surface area contributed by atoms with Crippen LogP contribution in [-0.4, -0.2) is 12.6 Å². The Morgan fingerprint density at radius 3 is 2.80 bits per heavy atom. The van der Waals surface area contributed by atoms with E-state index in [1.807, 2.05) is 0 Å². The average molecular weight is 282 g/mol. The minimum atomic E-state index is -0.812. The van der Waals surface area contributed by atoms with E-state index in [0.717, 1.165) is 31.2 Å². The molecular formula is C16H20F2O2. The fourth-order valence-electron chi connectivity index (χ4n) is 3.00. The predicted octanol–water partition coefficient (Wildman–Crippen LogP) is 4.19. The molecule has 1 fully saturated rings. The summed E-state index contributed by atoms with van der Waals surface area (Å²) in [5.41, 5.74) is 0.831. The summed E-state index contributed by atoms with van der Waals surface area (Å²) in [6.45, 7) is 2.20. The Morgan fingerprint density at radius 1 is 1.30 bits per heavy atom. The SMILES string of the molecule is CCOC(=O)CC1CCCC(c2ccc(F)c(F)c2)C1. The normalized spacial score (nSPS) is 22.6. The van der Waals surface area contributed by atoms with Gasteiger partial charge in [0, 0.05) is 6.42 Å². The first-order chi connectivity index (χ1) is 9.60. The van der Waals surface area contributed by atoms with Crippen LogP contribution < -0.4 is 0 Å². The van der Waals surface area contributed by atoms with Gasteiger partial charge in [0.05, 0.1) is 6.61 Å². The molecule has 1 aromatic rings. The van der Waals surface area contributed by atoms with Gasteiger partial charge in [-0.15, -0.1) is 0 Å². The molecule has 2 nitrogen and oxygen atoms in total. The Kier molecular flexibility index (Phi) is 5.10. The number of esters is 1. The predicted molar refractivity (Wildman–Crippen MR) is 72.3 cm³/mol. The van der Waals surface area contributed by atoms with Gasteiger partial charge in [-0.1, -0.05) is 12.5 Å². The van der Waals surface area contributed by atoms with Crippen molar-refractivity contribution in [3.05, 3.63) is 35.4 Å². The van der Waals surface area contributed by atoms with E-state index in [4.69, 9.17) is 4.74 Å². The molecule has 0 bridgehead atoms. The fraction of sp³-hybridized carbons (Fsp3) is 0.562. The summed E-state index contributed by atoms with van der Waals surface area (Å²) in [5, 5.41) is 0. The Labute approximate surface area is 118 Å². The zero-order chi connectivity index (χ0) is 14.5. The second-order valence-corrected chi connectivity index (χ2v) is 5.41. The molecule has 0 saturated heterocycles. The molecule has 110 valence electrons. The van der Waals surface area contributed by atoms with Crippen molar-refractivity contribution >= 4 is 5.97 Å². The molecule has 2 rings (SSSR count). The van der Waals surface area contributed by atoms with Crippen LogP contribution in [-0.2, 0) is 9.53 Å². The molecule has 20 heavy (non-hydrogen) atoms. The number of hydrogen-bond donors (Lipinski definition) is 0. The van der Waals surface area contributed by atoms with Crippen molar-refractivity contribution in [2.24, 2.45) is 5.92 Å². The zero-order valence-corrected chi connectivity index (χ0v) is 11.7. The molecule has 1 saturated carbocycles. The summed E-state index contributed by atoms with van der Waals surface area (Å²) in [6, 6.07) is 4.11. The highest BCUT2D eigenvalue weighted by molar-refractivity contribution is 5.69. The molecule has 4 heteroatoms. The summed E-state index contributed by atoms with van der Waals surface area (Å²) in [5.74, 6) is -1.29. The lowest BCUT2D eigenvalue weighted by molar-refractivity contribution is -0.144. The molecular weight excluding hydrogens is 262 g/mol. The third kappa shape index (κ3) is 3.78. The fourth-order valence-corrected chi connectivity index (χ4v) is 3.00. The standard InChI is InChI=1S/C16H20F2O2/c1-2-20-16(19)9-11-4-3-5-12(8-11)13-6-7-14(17)15(18)10-13/h6-7,10-12H,2-5,8-9H2,1H3. The van der Waals surface area contributed by atoms with Gasteiger partial charge in [0.15, 0.2) is 11.6 Å². The molecule has 0 spiro atoms. The molecule has 0 aromatic heterocycles. The van der Waals surface area contributed by atoms with Crippen LogP contribution in [0, 0.1) is 17.6 Å². The molecule has 0 N–H and O–H groups in total. The first-order valence-electron chi connectivity index (χ1n) is 7.20. The van der Waals surface area contributed by atoms with E-state index >= 15 is 0 Å². The van der Waals surface area contributed by atoms with E-state index in [1.54, 1.807) is 13.0 Å². The minimum Gasteiger partial charge on any atom is -0.466 e. The largest absolute Gasteiger partial charge is 0.466 e. The minimum absolute atomic E-state index is 0.163. The summed E-state index contributed by atoms with van der Waals surface area (Å²) >= 11 is 0. The number of carbonyl (C=O) groups excluding carboxylic acids is 1. The van der Waals surface area contributed by atoms with Crippen molar-refractivity contribution in [3.8, 4) is 0 Å². The topological polar surface area (TPSA) is 26.3 Å². The molecule has 1 aromatic carbocycles. The van der Waals surface area contributed by atoms with Crippen LogP contribution in [0.5, 0.6) is 0 Å². The van der Waals surface area contributed by atoms with Gasteiger partial charge in [-0.2, -0.15) is 0 Å². The first kappa shape index (κ1) is 14.9. The van der Waals surface area contributed by atoms with Gasteiger partial charge in [-0.3, -0.25) is 4.79 Å². The van der Waals surface area contributed by atoms with Gasteiger partial charge in [0.25, 0.3) is 0 Å². The Morgan fingerprint density at radius 2 is 2.10 bits per heavy atom. The molecule has 0 radical (unpaired) electrons. The number of benzene rings is 1. The number of ether oxygens (including phenoxy) is 1. The maximum Gasteiger partial charge on any atom is 0.306 e. The van der Waals surface area contributed by atoms with E-state index < -0.39 is 11.6 Å². The number of hydrogen-bond acceptors (Lipinski definition) is 2. The maximum absolute atomic E-state index is 13.3. The quantitative estimate of drug-likeness (QED) is 0.774. The van der Waals surface area contributed by atoms with E-state index in [9.17, 15) is 13.6 Å². The highest BCUT2D eigenvalue weighted by atomic mass is 19.2. The van der Waals surface area contributed by atoms with E-state index in [1.165, 1.54) is 12.1 Å². The third-order valence-electron chi connectivity index (χ3n) is 3.96. The molecule has 1 aliphatic carbocycles. The van der Waals surface area contributed by atoms with Gasteiger partial charge in [0.2, 0.25) is 0 Å². The molecule has 2 atom stereocenters. The highest BCUT2D eigenvalue weighted by Crippen LogP contribution is 2.38. The number of carbonyl (C=O) groups is 1. The lowest BCUT2D eigenvalue weighted by Gasteiger charge is -2.29. The molecule has 2 unspecified atom stereocenters. The van der Waals surface area contributed by atoms with E-state index in [2.05, 4.69) is 0 Å². The summed E-state index contributed by atoms with van der Waals surface area (Å²) in [4.78, 5) is 11.5. The van der Waals surface area contributed by atoms with Crippen LogP contribution in [0.25, 0.3) is 0 Å². The smallest absolute Gasteiger partial charge is 0.306 e. The van der Waals surface area contributed by atoms with Gasteiger partial charge in [-0.05, 0) is 55.7 Å². The van der Waals surface area contributed by atoms with E-state index in [-0.39, 0.29) is 17.8 Å². The van der Waals surface area contributed by atoms with Crippen LogP contribution in [0.3, 0.4) is 0 Å². The van der Waals surface area contributed by atoms with Crippen molar-refractivity contribution in [1.82, 2.24) is 0 Å². The van der Waals surface area contributed by atoms with Crippen LogP contribution in [0.2, 0.25) is 0 Å². The highest BCUT2D eigenvalue weighted by Gasteiger charge is 2.25. The monoisotopic (exact) mass is 282 g/mol. The van der Waals surface area contributed by atoms with E-state index in [0.29, 0.717) is 13.0 Å². The van der Waals surface area contributed by atoms with Crippen molar-refractivity contribution in [1.29, 1.82) is 0 Å². The van der Waals surface area contributed by atoms with Gasteiger partial charge >= 0.3 is 5.97 Å². The van der Waals surface area contributed by atoms with Crippen molar-refractivity contribution in [3.63, 3.8) is 0 Å². The van der Waals surface area contributed by atoms with Crippen LogP contribution in [0.15, 0.2) is 18.2 Å². The first-order valence-corrected chi connectivity index (χ1v) is 7.20. The number of halogens is 2. The molecule has 0 aliphatic heterocycles. The maximum atomic E-state index is 13.3. The lowest BCUT2D eigenvalue weighted by atomic mass is 9.77. The van der Waals surface area contributed by atoms with Gasteiger partial charge < -0.3 is 4.74 Å². The second kappa shape index (κ2) is 6.82. The molecule has 1 aliphatic rings. The molecule has 0 heterocycles. The zero-order valence-electron chi connectivity index (χ0n) is 11.7. The molecule has 0 amide bonds. The summed E-state index contributed by atoms with van der Waals surface area (Å²) in [6.07, 6.45) is 4.23. The summed E-state index contributed by atoms with van der Waals surface area (Å²) < 4.78 is 31.2. The summed E-state index contributed by atoms with van der Waals surface area (Å²) in [7, 11) is 0. The Bertz CT molecular complexity index is 474. The Balaban J connectivity index is 1.99. The van der Waals surface area contributed by atoms with Gasteiger partial charge in [-0.25, -0.2) is 8.78 Å². The van der Waals surface area contributed by atoms with Crippen LogP contribution in [0.4, 0.5) is 8.78 Å². The van der Waals surface area contributed by atoms with Crippen molar-refractivity contribution < 1.29 is 18.3 Å². The Hall–Kier alpha value is -1.45. The van der Waals surface area contributed by atoms with Crippen molar-refractivity contribution in [2.75, 3.05) is 6.61 Å². The van der Waals surface area contributed by atoms with Crippen molar-refractivity contribution in [2.45, 2.75) is 44.9 Å². The van der Waals surface area contributed by atoms with Crippen LogP contribution >= 0.6 is 0 Å². The van der Waals surface area contributed by atoms with Gasteiger partial charge in [0.1, 0.15) is 0 Å². The number of rotatable bonds is 4. The third-order valence-corrected chi connectivity index (χ3v) is 3.96. The van der Waals surface area contributed by atoms with Crippen LogP contribution in [0.1, 0.15) is 50.5 Å².